The Hall–Kier alpha value is -5.12. The van der Waals surface area contributed by atoms with E-state index in [9.17, 15) is 34.4 Å². The van der Waals surface area contributed by atoms with Gasteiger partial charge in [-0.25, -0.2) is 9.36 Å². The SMILES string of the molecule is N[C@@H](C(=O)N(C(=O)COc1ccccc1[N+](=O)[O-])C1C(=O)N2C(C(=O)O)=C(C[n+]3ccccc3)CS[C@H]12)c1ccccc1.[OH-]. The van der Waals surface area contributed by atoms with Gasteiger partial charge >= 0.3 is 11.7 Å². The Bertz CT molecular complexity index is 1620. The number of carboxylic acids is 1. The number of carboxylic acid groups (broad SMARTS) is 1. The third kappa shape index (κ3) is 6.15. The van der Waals surface area contributed by atoms with E-state index in [1.807, 2.05) is 6.07 Å². The molecule has 44 heavy (non-hydrogen) atoms. The van der Waals surface area contributed by atoms with E-state index < -0.39 is 52.7 Å². The molecule has 0 bridgehead atoms. The Labute approximate surface area is 254 Å². The lowest BCUT2D eigenvalue weighted by molar-refractivity contribution is -0.689. The van der Waals surface area contributed by atoms with Crippen molar-refractivity contribution in [3.05, 3.63) is 112 Å². The van der Waals surface area contributed by atoms with Gasteiger partial charge in [0.15, 0.2) is 31.3 Å². The Balaban J connectivity index is 0.00000442. The van der Waals surface area contributed by atoms with Crippen LogP contribution in [0.3, 0.4) is 0 Å². The molecule has 2 aromatic carbocycles. The molecule has 3 aromatic rings. The van der Waals surface area contributed by atoms with Crippen molar-refractivity contribution in [2.24, 2.45) is 5.73 Å². The highest BCUT2D eigenvalue weighted by atomic mass is 32.2. The number of pyridine rings is 1. The number of nitro benzene ring substituents is 1. The van der Waals surface area contributed by atoms with Crippen molar-refractivity contribution in [3.63, 3.8) is 0 Å². The average molecular weight is 622 g/mol. The van der Waals surface area contributed by atoms with Gasteiger partial charge in [-0.3, -0.25) is 34.3 Å². The van der Waals surface area contributed by atoms with Crippen LogP contribution in [0.5, 0.6) is 5.75 Å². The van der Waals surface area contributed by atoms with Gasteiger partial charge < -0.3 is 21.1 Å². The highest BCUT2D eigenvalue weighted by Crippen LogP contribution is 2.43. The summed E-state index contributed by atoms with van der Waals surface area (Å²) in [6.07, 6.45) is 3.54. The van der Waals surface area contributed by atoms with E-state index in [2.05, 4.69) is 0 Å². The summed E-state index contributed by atoms with van der Waals surface area (Å²) < 4.78 is 7.22. The van der Waals surface area contributed by atoms with Gasteiger partial charge in [-0.2, -0.15) is 0 Å². The van der Waals surface area contributed by atoms with Crippen molar-refractivity contribution in [3.8, 4) is 5.75 Å². The molecule has 0 spiro atoms. The van der Waals surface area contributed by atoms with Crippen LogP contribution < -0.4 is 15.0 Å². The lowest BCUT2D eigenvalue weighted by atomic mass is 9.98. The Morgan fingerprint density at radius 2 is 1.73 bits per heavy atom. The molecule has 2 aliphatic rings. The number of β-lactam (4-membered cyclic amide) rings is 1. The Morgan fingerprint density at radius 3 is 2.39 bits per heavy atom. The number of rotatable bonds is 10. The first-order valence-electron chi connectivity index (χ1n) is 13.1. The van der Waals surface area contributed by atoms with Crippen molar-refractivity contribution in [1.29, 1.82) is 0 Å². The first-order valence-corrected chi connectivity index (χ1v) is 14.1. The summed E-state index contributed by atoms with van der Waals surface area (Å²) in [4.78, 5) is 65.9. The molecule has 228 valence electrons. The van der Waals surface area contributed by atoms with Gasteiger partial charge in [0.05, 0.1) is 4.92 Å². The fourth-order valence-corrected chi connectivity index (χ4v) is 6.34. The van der Waals surface area contributed by atoms with E-state index in [1.165, 1.54) is 36.0 Å². The summed E-state index contributed by atoms with van der Waals surface area (Å²) in [6, 6.07) is 16.4. The minimum atomic E-state index is -1.37. The molecule has 3 amide bonds. The summed E-state index contributed by atoms with van der Waals surface area (Å²) in [6.45, 7) is -0.586. The highest BCUT2D eigenvalue weighted by Gasteiger charge is 2.59. The van der Waals surface area contributed by atoms with E-state index in [0.29, 0.717) is 16.0 Å². The lowest BCUT2D eigenvalue weighted by Crippen LogP contribution is -2.73. The van der Waals surface area contributed by atoms with Crippen molar-refractivity contribution >= 4 is 41.1 Å². The van der Waals surface area contributed by atoms with Gasteiger partial charge in [0.2, 0.25) is 0 Å². The molecule has 0 saturated carbocycles. The van der Waals surface area contributed by atoms with Crippen LogP contribution in [0.2, 0.25) is 0 Å². The predicted molar refractivity (Wildman–Crippen MR) is 154 cm³/mol. The van der Waals surface area contributed by atoms with Crippen molar-refractivity contribution < 1.29 is 44.0 Å². The molecule has 4 N–H and O–H groups in total. The number of amides is 3. The van der Waals surface area contributed by atoms with Crippen LogP contribution >= 0.6 is 11.8 Å². The van der Waals surface area contributed by atoms with Crippen LogP contribution in [0.4, 0.5) is 5.69 Å². The van der Waals surface area contributed by atoms with Crippen LogP contribution in [-0.2, 0) is 25.7 Å². The molecule has 1 aromatic heterocycles. The molecule has 3 heterocycles. The number of imide groups is 1. The van der Waals surface area contributed by atoms with Gasteiger partial charge in [-0.1, -0.05) is 48.5 Å². The number of ether oxygens (including phenoxy) is 1. The molecule has 0 aliphatic carbocycles. The van der Waals surface area contributed by atoms with Crippen LogP contribution in [0.1, 0.15) is 11.6 Å². The number of aromatic nitrogens is 1. The van der Waals surface area contributed by atoms with E-state index in [0.717, 1.165) is 4.90 Å². The lowest BCUT2D eigenvalue weighted by Gasteiger charge is -2.52. The van der Waals surface area contributed by atoms with E-state index in [-0.39, 0.29) is 34.9 Å². The molecule has 14 nitrogen and oxygen atoms in total. The number of hydrogen-bond acceptors (Lipinski definition) is 10. The number of aliphatic carboxylic acids is 1. The monoisotopic (exact) mass is 621 g/mol. The van der Waals surface area contributed by atoms with E-state index in [4.69, 9.17) is 10.5 Å². The Kier molecular flexibility index (Phi) is 9.73. The zero-order chi connectivity index (χ0) is 30.7. The average Bonchev–Trinajstić information content (AvgIpc) is 3.02. The van der Waals surface area contributed by atoms with Crippen LogP contribution in [0.25, 0.3) is 0 Å². The molecule has 1 fully saturated rings. The molecule has 0 radical (unpaired) electrons. The maximum absolute atomic E-state index is 13.8. The van der Waals surface area contributed by atoms with Gasteiger partial charge in [-0.15, -0.1) is 11.8 Å². The van der Waals surface area contributed by atoms with Crippen LogP contribution in [-0.4, -0.2) is 72.8 Å². The molecule has 5 rings (SSSR count). The van der Waals surface area contributed by atoms with Crippen molar-refractivity contribution in [1.82, 2.24) is 9.80 Å². The second-order valence-electron chi connectivity index (χ2n) is 9.66. The largest absolute Gasteiger partial charge is 0.870 e. The Morgan fingerprint density at radius 1 is 1.09 bits per heavy atom. The first kappa shape index (κ1) is 31.8. The predicted octanol–water partition coefficient (Wildman–Crippen LogP) is 1.46. The second-order valence-corrected chi connectivity index (χ2v) is 10.8. The smallest absolute Gasteiger partial charge is 0.352 e. The summed E-state index contributed by atoms with van der Waals surface area (Å²) in [5.74, 6) is -3.91. The summed E-state index contributed by atoms with van der Waals surface area (Å²) in [5, 5.41) is 20.6. The molecule has 15 heteroatoms. The molecule has 2 aliphatic heterocycles. The number of thioether (sulfide) groups is 1. The number of fused-ring (bicyclic) bond motifs is 1. The van der Waals surface area contributed by atoms with Gasteiger partial charge in [0.1, 0.15) is 23.2 Å². The molecule has 1 saturated heterocycles. The van der Waals surface area contributed by atoms with Crippen molar-refractivity contribution in [2.75, 3.05) is 12.4 Å². The maximum atomic E-state index is 13.8. The summed E-state index contributed by atoms with van der Waals surface area (Å²) >= 11 is 1.22. The number of carbonyl (C=O) groups excluding carboxylic acids is 3. The second kappa shape index (κ2) is 13.5. The quantitative estimate of drug-likeness (QED) is 0.143. The molecule has 3 atom stereocenters. The zero-order valence-corrected chi connectivity index (χ0v) is 23.8. The standard InChI is InChI=1S/C29H25N5O8S.H2O/c30-23(18-9-3-1-4-10-18)26(36)32(22(35)16-42-21-12-6-5-11-20(21)34(40)41)25-27(37)33-24(29(38)39)19(17-43-28(25)33)15-31-13-7-2-8-14-31;/h1-14,23,25,28H,15-17,30H2;1H2/t23-,25?,28-;/m1./s1. The molecular formula is C29H27N5O9S. The first-order chi connectivity index (χ1) is 20.7. The number of para-hydroxylation sites is 2. The van der Waals surface area contributed by atoms with Gasteiger partial charge in [-0.05, 0) is 11.6 Å². The molecular weight excluding hydrogens is 594 g/mol. The highest BCUT2D eigenvalue weighted by molar-refractivity contribution is 8.00. The van der Waals surface area contributed by atoms with Crippen LogP contribution in [0.15, 0.2) is 96.5 Å². The fourth-order valence-electron chi connectivity index (χ4n) is 4.96. The fraction of sp³-hybridized carbons (Fsp3) is 0.207. The summed E-state index contributed by atoms with van der Waals surface area (Å²) in [5.41, 5.74) is 6.54. The van der Waals surface area contributed by atoms with Gasteiger partial charge in [0, 0.05) is 29.5 Å². The number of hydrogen-bond donors (Lipinski definition) is 2. The van der Waals surface area contributed by atoms with E-state index in [1.54, 1.807) is 59.4 Å². The molecule has 1 unspecified atom stereocenters. The topological polar surface area (TPSA) is 207 Å². The number of benzene rings is 2. The van der Waals surface area contributed by atoms with E-state index >= 15 is 0 Å². The normalized spacial score (nSPS) is 17.8. The van der Waals surface area contributed by atoms with Crippen LogP contribution in [0, 0.1) is 10.1 Å². The number of nitro groups is 1. The number of carbonyl (C=O) groups is 4. The third-order valence-electron chi connectivity index (χ3n) is 6.99. The summed E-state index contributed by atoms with van der Waals surface area (Å²) in [7, 11) is 0. The number of nitrogens with zero attached hydrogens (tertiary/aromatic N) is 4. The zero-order valence-electron chi connectivity index (χ0n) is 23.0. The third-order valence-corrected chi connectivity index (χ3v) is 8.32. The minimum Gasteiger partial charge on any atom is -0.870 e. The minimum absolute atomic E-state index is 0. The van der Waals surface area contributed by atoms with Gasteiger partial charge in [0.25, 0.3) is 17.7 Å². The van der Waals surface area contributed by atoms with Crippen molar-refractivity contribution in [2.45, 2.75) is 24.0 Å². The number of nitrogens with two attached hydrogens (primary N) is 1. The maximum Gasteiger partial charge on any atom is 0.352 e.